The van der Waals surface area contributed by atoms with Crippen LogP contribution < -0.4 is 0 Å². The third-order valence-electron chi connectivity index (χ3n) is 0.303. The Morgan fingerprint density at radius 3 is 1.83 bits per heavy atom. The summed E-state index contributed by atoms with van der Waals surface area (Å²) in [5, 5.41) is 3.16. The summed E-state index contributed by atoms with van der Waals surface area (Å²) in [6.45, 7) is 7.09. The maximum Gasteiger partial charge on any atom is 0.0758 e. The summed E-state index contributed by atoms with van der Waals surface area (Å²) in [7, 11) is 0. The summed E-state index contributed by atoms with van der Waals surface area (Å²) >= 11 is 0. The van der Waals surface area contributed by atoms with Crippen LogP contribution in [0.1, 0.15) is 13.8 Å². The Balaban J connectivity index is 3.45. The molecule has 0 aromatic carbocycles. The van der Waals surface area contributed by atoms with Crippen molar-refractivity contribution in [2.24, 2.45) is 5.11 Å². The first-order valence-electron chi connectivity index (χ1n) is 1.80. The van der Waals surface area contributed by atoms with E-state index in [4.69, 9.17) is 5.53 Å². The number of nitrogens with one attached hydrogen (secondary N) is 1. The average molecular weight is 85.1 g/mol. The lowest BCUT2D eigenvalue weighted by molar-refractivity contribution is 0.595. The lowest BCUT2D eigenvalue weighted by atomic mass is 10.1. The molecule has 0 aliphatic heterocycles. The fourth-order valence-corrected chi connectivity index (χ4v) is 0. The van der Waals surface area contributed by atoms with Crippen molar-refractivity contribution in [3.8, 4) is 0 Å². The highest BCUT2D eigenvalue weighted by molar-refractivity contribution is 4.75. The molecule has 0 unspecified atom stereocenters. The minimum Gasteiger partial charge on any atom is -0.209 e. The van der Waals surface area contributed by atoms with Crippen LogP contribution >= 0.6 is 0 Å². The predicted octanol–water partition coefficient (Wildman–Crippen LogP) is 1.63. The van der Waals surface area contributed by atoms with E-state index in [2.05, 4.69) is 12.0 Å². The largest absolute Gasteiger partial charge is 0.209 e. The van der Waals surface area contributed by atoms with Crippen molar-refractivity contribution in [2.45, 2.75) is 19.4 Å². The topological polar surface area (TPSA) is 36.2 Å². The zero-order chi connectivity index (χ0) is 5.21. The fourth-order valence-electron chi connectivity index (χ4n) is 0. The van der Waals surface area contributed by atoms with Crippen molar-refractivity contribution in [2.75, 3.05) is 0 Å². The van der Waals surface area contributed by atoms with E-state index < -0.39 is 5.54 Å². The molecule has 0 heterocycles. The first-order valence-corrected chi connectivity index (χ1v) is 1.80. The summed E-state index contributed by atoms with van der Waals surface area (Å²) < 4.78 is 0. The molecule has 0 saturated heterocycles. The van der Waals surface area contributed by atoms with Gasteiger partial charge in [-0.15, -0.1) is 0 Å². The molecule has 1 radical (unpaired) electrons. The third kappa shape index (κ3) is 3.60. The first kappa shape index (κ1) is 5.60. The summed E-state index contributed by atoms with van der Waals surface area (Å²) in [4.78, 5) is 0. The van der Waals surface area contributed by atoms with Crippen LogP contribution in [-0.4, -0.2) is 5.54 Å². The number of rotatable bonds is 1. The van der Waals surface area contributed by atoms with Gasteiger partial charge in [0.05, 0.1) is 5.54 Å². The van der Waals surface area contributed by atoms with Gasteiger partial charge in [0.25, 0.3) is 0 Å². The maximum atomic E-state index is 6.42. The van der Waals surface area contributed by atoms with Gasteiger partial charge in [-0.05, 0) is 20.8 Å². The molecular formula is C4H9N2. The summed E-state index contributed by atoms with van der Waals surface area (Å²) in [5.41, 5.74) is 6.00. The third-order valence-corrected chi connectivity index (χ3v) is 0.303. The Morgan fingerprint density at radius 2 is 1.83 bits per heavy atom. The van der Waals surface area contributed by atoms with Crippen molar-refractivity contribution in [1.29, 1.82) is 5.53 Å². The average Bonchev–Trinajstić information content (AvgIpc) is 1.35. The van der Waals surface area contributed by atoms with Gasteiger partial charge in [-0.2, -0.15) is 5.11 Å². The molecule has 2 heteroatoms. The van der Waals surface area contributed by atoms with Crippen LogP contribution in [0, 0.1) is 12.5 Å². The highest BCUT2D eigenvalue weighted by atomic mass is 15.0. The Labute approximate surface area is 38.1 Å². The van der Waals surface area contributed by atoms with E-state index in [1.807, 2.05) is 0 Å². The van der Waals surface area contributed by atoms with Gasteiger partial charge in [-0.25, -0.2) is 5.53 Å². The molecule has 0 spiro atoms. The first-order chi connectivity index (χ1) is 2.56. The lowest BCUT2D eigenvalue weighted by Gasteiger charge is -2.04. The molecule has 0 saturated carbocycles. The van der Waals surface area contributed by atoms with E-state index in [0.29, 0.717) is 0 Å². The summed E-state index contributed by atoms with van der Waals surface area (Å²) in [5.74, 6) is 0. The Morgan fingerprint density at radius 1 is 1.67 bits per heavy atom. The van der Waals surface area contributed by atoms with Crippen LogP contribution in [0.4, 0.5) is 0 Å². The van der Waals surface area contributed by atoms with Gasteiger partial charge in [-0.1, -0.05) is 0 Å². The van der Waals surface area contributed by atoms with Crippen molar-refractivity contribution in [3.63, 3.8) is 0 Å². The van der Waals surface area contributed by atoms with E-state index in [0.717, 1.165) is 0 Å². The Hall–Kier alpha value is -0.400. The highest BCUT2D eigenvalue weighted by Gasteiger charge is 2.03. The number of hydrogen-bond acceptors (Lipinski definition) is 2. The minimum absolute atomic E-state index is 0.417. The molecule has 35 valence electrons. The zero-order valence-electron chi connectivity index (χ0n) is 4.15. The molecule has 0 aromatic rings. The monoisotopic (exact) mass is 85.1 g/mol. The second-order valence-electron chi connectivity index (χ2n) is 1.92. The van der Waals surface area contributed by atoms with E-state index in [1.165, 1.54) is 0 Å². The van der Waals surface area contributed by atoms with Gasteiger partial charge < -0.3 is 0 Å². The fraction of sp³-hybridized carbons (Fsp3) is 0.750. The zero-order valence-corrected chi connectivity index (χ0v) is 4.15. The van der Waals surface area contributed by atoms with Crippen LogP contribution in [0.3, 0.4) is 0 Å². The molecule has 1 N–H and O–H groups in total. The van der Waals surface area contributed by atoms with Gasteiger partial charge in [0.15, 0.2) is 0 Å². The van der Waals surface area contributed by atoms with Crippen LogP contribution in [0.5, 0.6) is 0 Å². The Bertz CT molecular complexity index is 51.1. The van der Waals surface area contributed by atoms with Gasteiger partial charge >= 0.3 is 0 Å². The summed E-state index contributed by atoms with van der Waals surface area (Å²) in [6.07, 6.45) is 0. The molecule has 0 amide bonds. The van der Waals surface area contributed by atoms with Crippen molar-refractivity contribution >= 4 is 0 Å². The minimum atomic E-state index is -0.417. The molecule has 6 heavy (non-hydrogen) atoms. The second kappa shape index (κ2) is 1.37. The molecule has 0 fully saturated rings. The molecule has 2 nitrogen and oxygen atoms in total. The van der Waals surface area contributed by atoms with Gasteiger partial charge in [0.2, 0.25) is 0 Å². The quantitative estimate of drug-likeness (QED) is 0.470. The summed E-state index contributed by atoms with van der Waals surface area (Å²) in [6, 6.07) is 0. The SMILES string of the molecule is [CH2]C(C)(C)N=N. The van der Waals surface area contributed by atoms with Crippen LogP contribution in [0.2, 0.25) is 0 Å². The molecule has 0 atom stereocenters. The van der Waals surface area contributed by atoms with E-state index in [9.17, 15) is 0 Å². The second-order valence-corrected chi connectivity index (χ2v) is 1.92. The van der Waals surface area contributed by atoms with E-state index in [1.54, 1.807) is 13.8 Å². The van der Waals surface area contributed by atoms with Crippen molar-refractivity contribution < 1.29 is 0 Å². The highest BCUT2D eigenvalue weighted by Crippen LogP contribution is 2.02. The van der Waals surface area contributed by atoms with Gasteiger partial charge in [-0.3, -0.25) is 0 Å². The molecule has 0 aromatic heterocycles. The van der Waals surface area contributed by atoms with E-state index >= 15 is 0 Å². The van der Waals surface area contributed by atoms with Crippen molar-refractivity contribution in [1.82, 2.24) is 0 Å². The number of hydrogen-bond donors (Lipinski definition) is 1. The standard InChI is InChI=1S/C4H9N2/c1-4(2,3)6-5/h5H,1H2,2-3H3. The smallest absolute Gasteiger partial charge is 0.0758 e. The molecule has 0 bridgehead atoms. The predicted molar refractivity (Wildman–Crippen MR) is 24.6 cm³/mol. The Kier molecular flexibility index (Phi) is 1.28. The van der Waals surface area contributed by atoms with Crippen LogP contribution in [0.25, 0.3) is 0 Å². The van der Waals surface area contributed by atoms with Crippen LogP contribution in [-0.2, 0) is 0 Å². The van der Waals surface area contributed by atoms with Crippen molar-refractivity contribution in [3.05, 3.63) is 6.92 Å². The normalized spacial score (nSPS) is 11.2. The molecule has 0 rings (SSSR count). The molecular weight excluding hydrogens is 76.1 g/mol. The van der Waals surface area contributed by atoms with Gasteiger partial charge in [0.1, 0.15) is 0 Å². The number of nitrogens with zero attached hydrogens (tertiary/aromatic N) is 1. The molecule has 0 aliphatic rings. The molecule has 0 aliphatic carbocycles. The van der Waals surface area contributed by atoms with Crippen LogP contribution in [0.15, 0.2) is 5.11 Å². The lowest BCUT2D eigenvalue weighted by Crippen LogP contribution is -2.07. The van der Waals surface area contributed by atoms with Gasteiger partial charge in [0, 0.05) is 0 Å². The van der Waals surface area contributed by atoms with E-state index in [-0.39, 0.29) is 0 Å². The maximum absolute atomic E-state index is 6.42.